The van der Waals surface area contributed by atoms with Crippen molar-refractivity contribution in [2.45, 2.75) is 12.5 Å². The van der Waals surface area contributed by atoms with Crippen molar-refractivity contribution in [2.75, 3.05) is 26.4 Å². The van der Waals surface area contributed by atoms with Crippen LogP contribution in [-0.2, 0) is 14.3 Å². The van der Waals surface area contributed by atoms with Crippen LogP contribution < -0.4 is 0 Å². The van der Waals surface area contributed by atoms with Gasteiger partial charge in [-0.15, -0.1) is 0 Å². The normalized spacial score (nSPS) is 31.1. The van der Waals surface area contributed by atoms with Gasteiger partial charge in [0, 0.05) is 6.54 Å². The third-order valence-corrected chi connectivity index (χ3v) is 3.43. The summed E-state index contributed by atoms with van der Waals surface area (Å²) in [5.41, 5.74) is -0.951. The van der Waals surface area contributed by atoms with Crippen LogP contribution in [-0.4, -0.2) is 54.5 Å². The zero-order valence-electron chi connectivity index (χ0n) is 9.42. The minimum Gasteiger partial charge on any atom is -0.481 e. The number of fused-ring (bicyclic) bond motifs is 1. The molecule has 94 valence electrons. The van der Waals surface area contributed by atoms with Crippen LogP contribution in [0.2, 0.25) is 0 Å². The maximum absolute atomic E-state index is 11.7. The first-order valence-corrected chi connectivity index (χ1v) is 5.47. The molecule has 1 amide bonds. The van der Waals surface area contributed by atoms with E-state index in [9.17, 15) is 14.7 Å². The summed E-state index contributed by atoms with van der Waals surface area (Å²) >= 11 is 0. The Labute approximate surface area is 98.8 Å². The van der Waals surface area contributed by atoms with E-state index in [1.165, 1.54) is 11.0 Å². The number of hydrogen-bond donors (Lipinski definition) is 1. The van der Waals surface area contributed by atoms with Crippen LogP contribution in [0.5, 0.6) is 0 Å². The zero-order valence-corrected chi connectivity index (χ0v) is 9.42. The predicted molar refractivity (Wildman–Crippen MR) is 57.5 cm³/mol. The van der Waals surface area contributed by atoms with Crippen molar-refractivity contribution in [1.82, 2.24) is 4.90 Å². The first-order valence-electron chi connectivity index (χ1n) is 5.47. The SMILES string of the molecule is C=CCOC(=O)N1CCC2(C(=O)O)COCC12. The highest BCUT2D eigenvalue weighted by molar-refractivity contribution is 5.79. The molecule has 17 heavy (non-hydrogen) atoms. The lowest BCUT2D eigenvalue weighted by Crippen LogP contribution is -2.46. The Hall–Kier alpha value is -1.56. The van der Waals surface area contributed by atoms with E-state index in [1.54, 1.807) is 0 Å². The highest BCUT2D eigenvalue weighted by Gasteiger charge is 2.58. The fourth-order valence-corrected chi connectivity index (χ4v) is 2.45. The van der Waals surface area contributed by atoms with Crippen molar-refractivity contribution in [1.29, 1.82) is 0 Å². The highest BCUT2D eigenvalue weighted by Crippen LogP contribution is 2.42. The van der Waals surface area contributed by atoms with Crippen molar-refractivity contribution in [3.63, 3.8) is 0 Å². The molecule has 0 radical (unpaired) electrons. The molecule has 2 saturated heterocycles. The number of rotatable bonds is 3. The Bertz CT molecular complexity index is 356. The minimum atomic E-state index is -0.951. The second kappa shape index (κ2) is 4.37. The van der Waals surface area contributed by atoms with Crippen molar-refractivity contribution in [3.8, 4) is 0 Å². The molecule has 2 fully saturated rings. The third-order valence-electron chi connectivity index (χ3n) is 3.43. The van der Waals surface area contributed by atoms with E-state index in [0.717, 1.165) is 0 Å². The second-order valence-electron chi connectivity index (χ2n) is 4.30. The van der Waals surface area contributed by atoms with Gasteiger partial charge in [-0.1, -0.05) is 12.7 Å². The van der Waals surface area contributed by atoms with Crippen LogP contribution in [0.25, 0.3) is 0 Å². The molecule has 2 aliphatic rings. The van der Waals surface area contributed by atoms with Crippen LogP contribution in [0, 0.1) is 5.41 Å². The summed E-state index contributed by atoms with van der Waals surface area (Å²) in [6, 6.07) is -0.419. The molecular formula is C11H15NO5. The number of nitrogens with zero attached hydrogens (tertiary/aromatic N) is 1. The van der Waals surface area contributed by atoms with Crippen molar-refractivity contribution in [2.24, 2.45) is 5.41 Å². The van der Waals surface area contributed by atoms with E-state index >= 15 is 0 Å². The lowest BCUT2D eigenvalue weighted by Gasteiger charge is -2.26. The molecule has 0 aromatic heterocycles. The molecule has 2 rings (SSSR count). The number of carboxylic acids is 1. The number of aliphatic carboxylic acids is 1. The molecule has 0 aliphatic carbocycles. The van der Waals surface area contributed by atoms with Crippen molar-refractivity contribution >= 4 is 12.1 Å². The van der Waals surface area contributed by atoms with E-state index in [4.69, 9.17) is 9.47 Å². The molecule has 2 unspecified atom stereocenters. The standard InChI is InChI=1S/C11H15NO5/c1-2-5-17-10(15)12-4-3-11(9(13)14)7-16-6-8(11)12/h2,8H,1,3-7H2,(H,13,14). The van der Waals surface area contributed by atoms with Crippen LogP contribution in [0.4, 0.5) is 4.79 Å². The summed E-state index contributed by atoms with van der Waals surface area (Å²) in [7, 11) is 0. The van der Waals surface area contributed by atoms with Crippen molar-refractivity contribution in [3.05, 3.63) is 12.7 Å². The Morgan fingerprint density at radius 3 is 3.06 bits per heavy atom. The van der Waals surface area contributed by atoms with Crippen LogP contribution in [0.15, 0.2) is 12.7 Å². The number of carbonyl (C=O) groups excluding carboxylic acids is 1. The number of hydrogen-bond acceptors (Lipinski definition) is 4. The zero-order chi connectivity index (χ0) is 12.5. The van der Waals surface area contributed by atoms with Crippen molar-refractivity contribution < 1.29 is 24.2 Å². The van der Waals surface area contributed by atoms with Gasteiger partial charge in [-0.2, -0.15) is 0 Å². The fourth-order valence-electron chi connectivity index (χ4n) is 2.45. The average Bonchev–Trinajstić information content (AvgIpc) is 2.84. The molecule has 6 nitrogen and oxygen atoms in total. The maximum Gasteiger partial charge on any atom is 0.410 e. The molecule has 0 bridgehead atoms. The first kappa shape index (κ1) is 11.9. The molecule has 0 saturated carbocycles. The Kier molecular flexibility index (Phi) is 3.06. The van der Waals surface area contributed by atoms with Crippen LogP contribution in [0.1, 0.15) is 6.42 Å². The van der Waals surface area contributed by atoms with E-state index in [1.807, 2.05) is 0 Å². The van der Waals surface area contributed by atoms with Gasteiger partial charge in [0.15, 0.2) is 0 Å². The molecule has 2 atom stereocenters. The molecule has 0 spiro atoms. The summed E-state index contributed by atoms with van der Waals surface area (Å²) < 4.78 is 10.1. The lowest BCUT2D eigenvalue weighted by molar-refractivity contribution is -0.149. The summed E-state index contributed by atoms with van der Waals surface area (Å²) in [4.78, 5) is 24.5. The monoisotopic (exact) mass is 241 g/mol. The molecule has 0 aromatic rings. The number of carbonyl (C=O) groups is 2. The number of likely N-dealkylation sites (tertiary alicyclic amines) is 1. The topological polar surface area (TPSA) is 76.1 Å². The van der Waals surface area contributed by atoms with Crippen LogP contribution >= 0.6 is 0 Å². The Morgan fingerprint density at radius 2 is 2.41 bits per heavy atom. The quantitative estimate of drug-likeness (QED) is 0.727. The molecule has 6 heteroatoms. The van der Waals surface area contributed by atoms with Gasteiger partial charge in [0.1, 0.15) is 12.0 Å². The number of carboxylic acid groups (broad SMARTS) is 1. The van der Waals surface area contributed by atoms with Gasteiger partial charge in [0.25, 0.3) is 0 Å². The molecular weight excluding hydrogens is 226 g/mol. The average molecular weight is 241 g/mol. The second-order valence-corrected chi connectivity index (χ2v) is 4.30. The highest BCUT2D eigenvalue weighted by atomic mass is 16.6. The minimum absolute atomic E-state index is 0.128. The maximum atomic E-state index is 11.7. The smallest absolute Gasteiger partial charge is 0.410 e. The molecule has 2 heterocycles. The largest absolute Gasteiger partial charge is 0.481 e. The first-order chi connectivity index (χ1) is 8.12. The molecule has 0 aromatic carbocycles. The van der Waals surface area contributed by atoms with Gasteiger partial charge in [0.05, 0.1) is 19.3 Å². The molecule has 1 N–H and O–H groups in total. The molecule has 2 aliphatic heterocycles. The van der Waals surface area contributed by atoms with Gasteiger partial charge in [0.2, 0.25) is 0 Å². The summed E-state index contributed by atoms with van der Waals surface area (Å²) in [5.74, 6) is -0.904. The predicted octanol–water partition coefficient (Wildman–Crippen LogP) is 0.485. The van der Waals surface area contributed by atoms with Crippen LogP contribution in [0.3, 0.4) is 0 Å². The summed E-state index contributed by atoms with van der Waals surface area (Å²) in [6.07, 6.45) is 1.39. The number of amides is 1. The third kappa shape index (κ3) is 1.78. The van der Waals surface area contributed by atoms with E-state index in [2.05, 4.69) is 6.58 Å². The summed E-state index contributed by atoms with van der Waals surface area (Å²) in [6.45, 7) is 4.40. The fraction of sp³-hybridized carbons (Fsp3) is 0.636. The van der Waals surface area contributed by atoms with Gasteiger partial charge in [-0.3, -0.25) is 4.79 Å². The van der Waals surface area contributed by atoms with E-state index < -0.39 is 23.5 Å². The van der Waals surface area contributed by atoms with Gasteiger partial charge in [-0.25, -0.2) is 4.79 Å². The van der Waals surface area contributed by atoms with E-state index in [0.29, 0.717) is 13.0 Å². The van der Waals surface area contributed by atoms with Gasteiger partial charge < -0.3 is 19.5 Å². The number of ether oxygens (including phenoxy) is 2. The van der Waals surface area contributed by atoms with Gasteiger partial charge in [-0.05, 0) is 6.42 Å². The van der Waals surface area contributed by atoms with E-state index in [-0.39, 0.29) is 19.8 Å². The lowest BCUT2D eigenvalue weighted by atomic mass is 9.83. The Morgan fingerprint density at radius 1 is 1.65 bits per heavy atom. The Balaban J connectivity index is 2.10. The summed E-state index contributed by atoms with van der Waals surface area (Å²) in [5, 5.41) is 9.27. The van der Waals surface area contributed by atoms with Gasteiger partial charge >= 0.3 is 12.1 Å².